The zero-order chi connectivity index (χ0) is 21.3. The minimum atomic E-state index is -0.0159. The fourth-order valence-electron chi connectivity index (χ4n) is 3.79. The quantitative estimate of drug-likeness (QED) is 0.293. The molecule has 0 amide bonds. The van der Waals surface area contributed by atoms with Crippen molar-refractivity contribution in [3.05, 3.63) is 0 Å². The summed E-state index contributed by atoms with van der Waals surface area (Å²) < 4.78 is 25.3. The number of likely N-dealkylation sites (tertiary alicyclic amines) is 1. The maximum Gasteiger partial charge on any atom is 0.113 e. The van der Waals surface area contributed by atoms with E-state index < -0.39 is 0 Å². The third-order valence-electron chi connectivity index (χ3n) is 5.74. The summed E-state index contributed by atoms with van der Waals surface area (Å²) in [7, 11) is 0. The molecule has 4 atom stereocenters. The van der Waals surface area contributed by atoms with Crippen LogP contribution in [0.3, 0.4) is 0 Å². The lowest BCUT2D eigenvalue weighted by atomic mass is 9.93. The molecular formula is C24H49NO4. The lowest BCUT2D eigenvalue weighted by molar-refractivity contribution is -0.201. The van der Waals surface area contributed by atoms with Gasteiger partial charge in [0, 0.05) is 33.0 Å². The highest BCUT2D eigenvalue weighted by molar-refractivity contribution is 4.97. The molecule has 1 saturated heterocycles. The van der Waals surface area contributed by atoms with Crippen molar-refractivity contribution in [1.29, 1.82) is 0 Å². The van der Waals surface area contributed by atoms with E-state index in [1.807, 2.05) is 0 Å². The van der Waals surface area contributed by atoms with Crippen molar-refractivity contribution in [2.45, 2.75) is 110 Å². The second-order valence-electron chi connectivity index (χ2n) is 8.22. The lowest BCUT2D eigenvalue weighted by Crippen LogP contribution is -2.64. The highest BCUT2D eigenvalue weighted by atomic mass is 16.6. The summed E-state index contributed by atoms with van der Waals surface area (Å²) in [5.74, 6) is 0. The van der Waals surface area contributed by atoms with Crippen molar-refractivity contribution in [3.8, 4) is 0 Å². The molecule has 1 aliphatic heterocycles. The molecule has 1 heterocycles. The minimum absolute atomic E-state index is 0.000333. The number of hydrogen-bond donors (Lipinski definition) is 0. The molecule has 0 aliphatic carbocycles. The van der Waals surface area contributed by atoms with Gasteiger partial charge in [0.15, 0.2) is 0 Å². The summed E-state index contributed by atoms with van der Waals surface area (Å²) in [5, 5.41) is 0. The van der Waals surface area contributed by atoms with Crippen LogP contribution in [0.5, 0.6) is 0 Å². The molecule has 0 aromatic heterocycles. The Balaban J connectivity index is 2.93. The average Bonchev–Trinajstić information content (AvgIpc) is 2.73. The molecule has 0 aromatic rings. The Morgan fingerprint density at radius 3 is 1.72 bits per heavy atom. The number of rotatable bonds is 18. The molecule has 1 aliphatic rings. The molecule has 29 heavy (non-hydrogen) atoms. The van der Waals surface area contributed by atoms with E-state index in [1.165, 1.54) is 0 Å². The summed E-state index contributed by atoms with van der Waals surface area (Å²) in [4.78, 5) is 2.48. The molecule has 0 unspecified atom stereocenters. The zero-order valence-electron chi connectivity index (χ0n) is 20.0. The third kappa shape index (κ3) is 10.1. The van der Waals surface area contributed by atoms with E-state index in [9.17, 15) is 0 Å². The molecular weight excluding hydrogens is 366 g/mol. The van der Waals surface area contributed by atoms with Gasteiger partial charge >= 0.3 is 0 Å². The van der Waals surface area contributed by atoms with E-state index in [1.54, 1.807) is 0 Å². The Bertz CT molecular complexity index is 369. The van der Waals surface area contributed by atoms with Crippen molar-refractivity contribution in [3.63, 3.8) is 0 Å². The number of nitrogens with zero attached hydrogens (tertiary/aromatic N) is 1. The molecule has 0 radical (unpaired) electrons. The molecule has 0 N–H and O–H groups in total. The van der Waals surface area contributed by atoms with E-state index in [-0.39, 0.29) is 24.4 Å². The number of piperidine rings is 1. The van der Waals surface area contributed by atoms with Crippen LogP contribution < -0.4 is 0 Å². The number of ether oxygens (including phenoxy) is 4. The van der Waals surface area contributed by atoms with Gasteiger partial charge in [-0.1, -0.05) is 60.3 Å². The SMILES string of the molecule is CCCCOC[C@@H]1[C@@H](OCCCC)[C@H](OCCCC)[C@@H](OCCCC)CN1CC. The second kappa shape index (κ2) is 17.5. The van der Waals surface area contributed by atoms with Crippen LogP contribution in [0, 0.1) is 0 Å². The number of likely N-dealkylation sites (N-methyl/N-ethyl adjacent to an activating group) is 1. The standard InChI is InChI=1S/C24H49NO4/c1-6-11-15-26-20-21-23(28-17-13-8-3)24(29-18-14-9-4)22(19-25(21)10-5)27-16-12-7-2/h21-24H,6-20H2,1-5H3/t21-,22+,23-,24-/m1/s1. The van der Waals surface area contributed by atoms with Gasteiger partial charge in [0.2, 0.25) is 0 Å². The van der Waals surface area contributed by atoms with Crippen molar-refractivity contribution in [2.75, 3.05) is 46.1 Å². The monoisotopic (exact) mass is 415 g/mol. The van der Waals surface area contributed by atoms with Crippen molar-refractivity contribution >= 4 is 0 Å². The number of unbranched alkanes of at least 4 members (excludes halogenated alkanes) is 4. The Hall–Kier alpha value is -0.200. The average molecular weight is 416 g/mol. The molecule has 0 bridgehead atoms. The van der Waals surface area contributed by atoms with Gasteiger partial charge in [0.25, 0.3) is 0 Å². The van der Waals surface area contributed by atoms with E-state index in [4.69, 9.17) is 18.9 Å². The summed E-state index contributed by atoms with van der Waals surface area (Å²) in [6.07, 6.45) is 9.00. The first-order valence-corrected chi connectivity index (χ1v) is 12.4. The molecule has 1 rings (SSSR count). The smallest absolute Gasteiger partial charge is 0.113 e. The maximum atomic E-state index is 6.48. The van der Waals surface area contributed by atoms with Crippen LogP contribution in [-0.4, -0.2) is 75.4 Å². The highest BCUT2D eigenvalue weighted by Crippen LogP contribution is 2.27. The van der Waals surface area contributed by atoms with E-state index in [2.05, 4.69) is 39.5 Å². The van der Waals surface area contributed by atoms with E-state index in [0.717, 1.165) is 90.9 Å². The van der Waals surface area contributed by atoms with Gasteiger partial charge in [-0.3, -0.25) is 4.90 Å². The molecule has 5 nitrogen and oxygen atoms in total. The second-order valence-corrected chi connectivity index (χ2v) is 8.22. The fraction of sp³-hybridized carbons (Fsp3) is 1.00. The molecule has 0 saturated carbocycles. The molecule has 0 aromatic carbocycles. The van der Waals surface area contributed by atoms with Crippen LogP contribution in [0.4, 0.5) is 0 Å². The Labute approximate surface area is 180 Å². The van der Waals surface area contributed by atoms with E-state index >= 15 is 0 Å². The molecule has 174 valence electrons. The topological polar surface area (TPSA) is 40.2 Å². The third-order valence-corrected chi connectivity index (χ3v) is 5.74. The predicted molar refractivity (Wildman–Crippen MR) is 121 cm³/mol. The van der Waals surface area contributed by atoms with Crippen molar-refractivity contribution < 1.29 is 18.9 Å². The first-order valence-electron chi connectivity index (χ1n) is 12.4. The molecule has 5 heteroatoms. The Morgan fingerprint density at radius 1 is 0.655 bits per heavy atom. The maximum absolute atomic E-state index is 6.48. The Kier molecular flexibility index (Phi) is 16.2. The van der Waals surface area contributed by atoms with Gasteiger partial charge in [-0.15, -0.1) is 0 Å². The Morgan fingerprint density at radius 2 is 1.17 bits per heavy atom. The van der Waals surface area contributed by atoms with Gasteiger partial charge in [-0.25, -0.2) is 0 Å². The number of hydrogen-bond acceptors (Lipinski definition) is 5. The van der Waals surface area contributed by atoms with Crippen molar-refractivity contribution in [2.24, 2.45) is 0 Å². The van der Waals surface area contributed by atoms with Crippen LogP contribution in [0.25, 0.3) is 0 Å². The van der Waals surface area contributed by atoms with Gasteiger partial charge in [-0.2, -0.15) is 0 Å². The largest absolute Gasteiger partial charge is 0.380 e. The lowest BCUT2D eigenvalue weighted by Gasteiger charge is -2.48. The van der Waals surface area contributed by atoms with Crippen LogP contribution in [0.15, 0.2) is 0 Å². The van der Waals surface area contributed by atoms with Gasteiger partial charge < -0.3 is 18.9 Å². The summed E-state index contributed by atoms with van der Waals surface area (Å²) >= 11 is 0. The first kappa shape index (κ1) is 26.8. The molecule has 0 spiro atoms. The van der Waals surface area contributed by atoms with E-state index in [0.29, 0.717) is 6.61 Å². The minimum Gasteiger partial charge on any atom is -0.380 e. The van der Waals surface area contributed by atoms with Crippen molar-refractivity contribution in [1.82, 2.24) is 4.90 Å². The normalized spacial score (nSPS) is 25.6. The summed E-state index contributed by atoms with van der Waals surface area (Å²) in [5.41, 5.74) is 0. The first-order chi connectivity index (χ1) is 14.2. The predicted octanol–water partition coefficient (Wildman–Crippen LogP) is 5.06. The van der Waals surface area contributed by atoms with Crippen LogP contribution in [0.1, 0.15) is 86.0 Å². The van der Waals surface area contributed by atoms with Gasteiger partial charge in [-0.05, 0) is 32.2 Å². The highest BCUT2D eigenvalue weighted by Gasteiger charge is 2.45. The zero-order valence-corrected chi connectivity index (χ0v) is 20.0. The summed E-state index contributed by atoms with van der Waals surface area (Å²) in [6.45, 7) is 16.8. The molecule has 1 fully saturated rings. The van der Waals surface area contributed by atoms with Gasteiger partial charge in [0.1, 0.15) is 12.2 Å². The van der Waals surface area contributed by atoms with Crippen LogP contribution in [-0.2, 0) is 18.9 Å². The van der Waals surface area contributed by atoms with Gasteiger partial charge in [0.05, 0.1) is 18.8 Å². The van der Waals surface area contributed by atoms with Crippen LogP contribution >= 0.6 is 0 Å². The summed E-state index contributed by atoms with van der Waals surface area (Å²) in [6, 6.07) is 0.228. The fourth-order valence-corrected chi connectivity index (χ4v) is 3.79. The van der Waals surface area contributed by atoms with Crippen LogP contribution in [0.2, 0.25) is 0 Å².